The lowest BCUT2D eigenvalue weighted by atomic mass is 10.1. The first-order valence-corrected chi connectivity index (χ1v) is 3.88. The Kier molecular flexibility index (Phi) is 1.77. The minimum atomic E-state index is -0.635. The molecule has 0 aliphatic carbocycles. The molecule has 1 saturated heterocycles. The Labute approximate surface area is 70.1 Å². The third-order valence-corrected chi connectivity index (χ3v) is 2.09. The summed E-state index contributed by atoms with van der Waals surface area (Å²) < 4.78 is 14.7. The summed E-state index contributed by atoms with van der Waals surface area (Å²) in [5, 5.41) is 0. The van der Waals surface area contributed by atoms with Gasteiger partial charge in [-0.25, -0.2) is 4.79 Å². The topological polar surface area (TPSA) is 44.8 Å². The van der Waals surface area contributed by atoms with Gasteiger partial charge < -0.3 is 14.2 Å². The standard InChI is InChI=1S/C8H10O4/c1-10-8(9)12-7-4-5-2-3-6(7)11-5/h2-3,5-7H,4H2,1H3. The Morgan fingerprint density at radius 3 is 2.92 bits per heavy atom. The largest absolute Gasteiger partial charge is 0.508 e. The summed E-state index contributed by atoms with van der Waals surface area (Å²) in [6.45, 7) is 0. The zero-order chi connectivity index (χ0) is 8.55. The normalized spacial score (nSPS) is 36.9. The zero-order valence-corrected chi connectivity index (χ0v) is 6.73. The fourth-order valence-corrected chi connectivity index (χ4v) is 1.52. The van der Waals surface area contributed by atoms with E-state index in [0.717, 1.165) is 6.42 Å². The summed E-state index contributed by atoms with van der Waals surface area (Å²) in [6.07, 6.45) is 3.93. The number of fused-ring (bicyclic) bond motifs is 2. The van der Waals surface area contributed by atoms with Gasteiger partial charge in [-0.3, -0.25) is 0 Å². The van der Waals surface area contributed by atoms with E-state index in [1.165, 1.54) is 7.11 Å². The summed E-state index contributed by atoms with van der Waals surface area (Å²) >= 11 is 0. The molecule has 2 bridgehead atoms. The molecular formula is C8H10O4. The lowest BCUT2D eigenvalue weighted by Gasteiger charge is -2.14. The van der Waals surface area contributed by atoms with Gasteiger partial charge in [0.05, 0.1) is 13.2 Å². The summed E-state index contributed by atoms with van der Waals surface area (Å²) in [7, 11) is 1.30. The molecule has 66 valence electrons. The highest BCUT2D eigenvalue weighted by atomic mass is 16.7. The van der Waals surface area contributed by atoms with E-state index in [2.05, 4.69) is 4.74 Å². The van der Waals surface area contributed by atoms with Crippen LogP contribution in [0.4, 0.5) is 4.79 Å². The summed E-state index contributed by atoms with van der Waals surface area (Å²) in [5.74, 6) is 0. The maximum atomic E-state index is 10.7. The Balaban J connectivity index is 1.91. The number of hydrogen-bond acceptors (Lipinski definition) is 4. The summed E-state index contributed by atoms with van der Waals surface area (Å²) in [5.41, 5.74) is 0. The first kappa shape index (κ1) is 7.61. The van der Waals surface area contributed by atoms with E-state index < -0.39 is 6.16 Å². The zero-order valence-electron chi connectivity index (χ0n) is 6.73. The minimum Gasteiger partial charge on any atom is -0.438 e. The molecule has 2 rings (SSSR count). The van der Waals surface area contributed by atoms with Gasteiger partial charge in [0.25, 0.3) is 0 Å². The average Bonchev–Trinajstić information content (AvgIpc) is 2.64. The van der Waals surface area contributed by atoms with Crippen molar-refractivity contribution in [2.24, 2.45) is 0 Å². The van der Waals surface area contributed by atoms with E-state index in [4.69, 9.17) is 9.47 Å². The van der Waals surface area contributed by atoms with E-state index in [0.29, 0.717) is 0 Å². The first-order valence-electron chi connectivity index (χ1n) is 3.88. The van der Waals surface area contributed by atoms with Gasteiger partial charge in [0.15, 0.2) is 0 Å². The Morgan fingerprint density at radius 1 is 1.58 bits per heavy atom. The van der Waals surface area contributed by atoms with Crippen LogP contribution in [-0.2, 0) is 14.2 Å². The van der Waals surface area contributed by atoms with Crippen LogP contribution < -0.4 is 0 Å². The number of methoxy groups -OCH3 is 1. The van der Waals surface area contributed by atoms with Gasteiger partial charge in [-0.1, -0.05) is 12.2 Å². The highest BCUT2D eigenvalue weighted by molar-refractivity contribution is 5.60. The molecule has 2 heterocycles. The maximum Gasteiger partial charge on any atom is 0.508 e. The van der Waals surface area contributed by atoms with Crippen molar-refractivity contribution in [1.29, 1.82) is 0 Å². The molecule has 0 radical (unpaired) electrons. The maximum absolute atomic E-state index is 10.7. The lowest BCUT2D eigenvalue weighted by Crippen LogP contribution is -2.26. The average molecular weight is 170 g/mol. The van der Waals surface area contributed by atoms with E-state index in [9.17, 15) is 4.79 Å². The van der Waals surface area contributed by atoms with Crippen LogP contribution >= 0.6 is 0 Å². The highest BCUT2D eigenvalue weighted by Crippen LogP contribution is 2.30. The third-order valence-electron chi connectivity index (χ3n) is 2.09. The summed E-state index contributed by atoms with van der Waals surface area (Å²) in [4.78, 5) is 10.7. The van der Waals surface area contributed by atoms with Crippen LogP contribution in [0.5, 0.6) is 0 Å². The SMILES string of the molecule is COC(=O)OC1CC2C=CC1O2. The van der Waals surface area contributed by atoms with Crippen molar-refractivity contribution < 1.29 is 19.0 Å². The lowest BCUT2D eigenvalue weighted by molar-refractivity contribution is 0.0130. The molecule has 0 amide bonds. The highest BCUT2D eigenvalue weighted by Gasteiger charge is 2.39. The van der Waals surface area contributed by atoms with E-state index >= 15 is 0 Å². The Morgan fingerprint density at radius 2 is 2.42 bits per heavy atom. The Bertz CT molecular complexity index is 223. The van der Waals surface area contributed by atoms with Gasteiger partial charge in [-0.05, 0) is 0 Å². The number of carbonyl (C=O) groups excluding carboxylic acids is 1. The first-order chi connectivity index (χ1) is 5.79. The van der Waals surface area contributed by atoms with Crippen LogP contribution in [0.25, 0.3) is 0 Å². The van der Waals surface area contributed by atoms with Crippen molar-refractivity contribution in [2.75, 3.05) is 7.11 Å². The van der Waals surface area contributed by atoms with Crippen molar-refractivity contribution in [1.82, 2.24) is 0 Å². The summed E-state index contributed by atoms with van der Waals surface area (Å²) in [6, 6.07) is 0. The van der Waals surface area contributed by atoms with Crippen LogP contribution in [0.3, 0.4) is 0 Å². The molecule has 0 aromatic heterocycles. The molecule has 0 spiro atoms. The van der Waals surface area contributed by atoms with Gasteiger partial charge in [0, 0.05) is 6.42 Å². The van der Waals surface area contributed by atoms with Gasteiger partial charge in [0.1, 0.15) is 12.2 Å². The second kappa shape index (κ2) is 2.79. The molecule has 4 nitrogen and oxygen atoms in total. The molecule has 4 heteroatoms. The molecular weight excluding hydrogens is 160 g/mol. The smallest absolute Gasteiger partial charge is 0.438 e. The van der Waals surface area contributed by atoms with Crippen LogP contribution in [0.1, 0.15) is 6.42 Å². The van der Waals surface area contributed by atoms with E-state index in [1.807, 2.05) is 12.2 Å². The van der Waals surface area contributed by atoms with Crippen LogP contribution in [-0.4, -0.2) is 31.6 Å². The second-order valence-corrected chi connectivity index (χ2v) is 2.87. The fraction of sp³-hybridized carbons (Fsp3) is 0.625. The molecule has 1 fully saturated rings. The monoisotopic (exact) mass is 170 g/mol. The minimum absolute atomic E-state index is 0.0610. The van der Waals surface area contributed by atoms with Gasteiger partial charge >= 0.3 is 6.16 Å². The van der Waals surface area contributed by atoms with Crippen molar-refractivity contribution in [3.8, 4) is 0 Å². The molecule has 0 aromatic rings. The van der Waals surface area contributed by atoms with Crippen LogP contribution in [0, 0.1) is 0 Å². The van der Waals surface area contributed by atoms with Crippen molar-refractivity contribution in [2.45, 2.75) is 24.7 Å². The van der Waals surface area contributed by atoms with E-state index in [1.54, 1.807) is 0 Å². The molecule has 0 aromatic carbocycles. The van der Waals surface area contributed by atoms with Crippen molar-refractivity contribution in [3.05, 3.63) is 12.2 Å². The predicted molar refractivity (Wildman–Crippen MR) is 39.7 cm³/mol. The molecule has 3 unspecified atom stereocenters. The van der Waals surface area contributed by atoms with Gasteiger partial charge in [-0.15, -0.1) is 0 Å². The van der Waals surface area contributed by atoms with Crippen molar-refractivity contribution in [3.63, 3.8) is 0 Å². The quantitative estimate of drug-likeness (QED) is 0.432. The van der Waals surface area contributed by atoms with Gasteiger partial charge in [-0.2, -0.15) is 0 Å². The number of hydrogen-bond donors (Lipinski definition) is 0. The van der Waals surface area contributed by atoms with Crippen LogP contribution in [0.15, 0.2) is 12.2 Å². The molecule has 12 heavy (non-hydrogen) atoms. The second-order valence-electron chi connectivity index (χ2n) is 2.87. The molecule has 0 N–H and O–H groups in total. The van der Waals surface area contributed by atoms with Crippen LogP contribution in [0.2, 0.25) is 0 Å². The fourth-order valence-electron chi connectivity index (χ4n) is 1.52. The number of carbonyl (C=O) groups is 1. The molecule has 2 aliphatic heterocycles. The Hall–Kier alpha value is -1.03. The van der Waals surface area contributed by atoms with Gasteiger partial charge in [0.2, 0.25) is 0 Å². The van der Waals surface area contributed by atoms with Crippen molar-refractivity contribution >= 4 is 6.16 Å². The predicted octanol–water partition coefficient (Wildman–Crippen LogP) is 0.865. The molecule has 3 atom stereocenters. The number of ether oxygens (including phenoxy) is 3. The molecule has 0 saturated carbocycles. The third kappa shape index (κ3) is 1.18. The van der Waals surface area contributed by atoms with E-state index in [-0.39, 0.29) is 18.3 Å². The molecule has 2 aliphatic rings. The number of rotatable bonds is 1.